The van der Waals surface area contributed by atoms with Crippen LogP contribution in [0, 0.1) is 0 Å². The first-order chi connectivity index (χ1) is 10.0. The van der Waals surface area contributed by atoms with Crippen LogP contribution in [0.4, 0.5) is 0 Å². The molecule has 0 aromatic carbocycles. The van der Waals surface area contributed by atoms with Crippen molar-refractivity contribution in [3.05, 3.63) is 11.4 Å². The van der Waals surface area contributed by atoms with E-state index >= 15 is 0 Å². The number of carbonyl (C=O) groups is 1. The molecule has 1 rings (SSSR count). The van der Waals surface area contributed by atoms with Crippen molar-refractivity contribution in [3.63, 3.8) is 0 Å². The highest BCUT2D eigenvalue weighted by molar-refractivity contribution is 5.88. The Hall–Kier alpha value is -1.51. The number of aliphatic hydroxyl groups is 1. The first-order valence-corrected chi connectivity index (χ1v) is 6.82. The van der Waals surface area contributed by atoms with Gasteiger partial charge in [-0.15, -0.1) is 5.10 Å². The van der Waals surface area contributed by atoms with Crippen molar-refractivity contribution in [2.75, 3.05) is 27.4 Å². The summed E-state index contributed by atoms with van der Waals surface area (Å²) in [6.45, 7) is 4.56. The van der Waals surface area contributed by atoms with Crippen molar-refractivity contribution in [2.24, 2.45) is 0 Å². The number of aromatic nitrogens is 3. The zero-order chi connectivity index (χ0) is 15.8. The van der Waals surface area contributed by atoms with E-state index in [0.717, 1.165) is 0 Å². The van der Waals surface area contributed by atoms with E-state index in [0.29, 0.717) is 18.7 Å². The lowest BCUT2D eigenvalue weighted by atomic mass is 10.2. The fraction of sp³-hybridized carbons (Fsp3) is 0.769. The fourth-order valence-electron chi connectivity index (χ4n) is 1.90. The Morgan fingerprint density at radius 2 is 2.10 bits per heavy atom. The van der Waals surface area contributed by atoms with Crippen LogP contribution in [0.3, 0.4) is 0 Å². The Morgan fingerprint density at radius 1 is 1.38 bits per heavy atom. The highest BCUT2D eigenvalue weighted by atomic mass is 16.5. The molecule has 2 unspecified atom stereocenters. The lowest BCUT2D eigenvalue weighted by molar-refractivity contribution is -0.0366. The molecule has 1 heterocycles. The van der Waals surface area contributed by atoms with Gasteiger partial charge < -0.3 is 19.3 Å². The van der Waals surface area contributed by atoms with Gasteiger partial charge in [0.1, 0.15) is 0 Å². The molecule has 8 nitrogen and oxygen atoms in total. The van der Waals surface area contributed by atoms with Crippen molar-refractivity contribution in [1.82, 2.24) is 15.0 Å². The number of aliphatic hydroxyl groups excluding tert-OH is 1. The summed E-state index contributed by atoms with van der Waals surface area (Å²) in [5.74, 6) is -0.530. The van der Waals surface area contributed by atoms with Gasteiger partial charge in [0, 0.05) is 7.11 Å². The van der Waals surface area contributed by atoms with Gasteiger partial charge in [0.2, 0.25) is 0 Å². The van der Waals surface area contributed by atoms with Gasteiger partial charge in [-0.05, 0) is 13.3 Å². The maximum Gasteiger partial charge on any atom is 0.360 e. The number of hydrogen-bond donors (Lipinski definition) is 1. The molecule has 0 saturated carbocycles. The summed E-state index contributed by atoms with van der Waals surface area (Å²) in [7, 11) is 2.88. The molecule has 0 aliphatic heterocycles. The number of carbonyl (C=O) groups excluding carboxylic acids is 1. The summed E-state index contributed by atoms with van der Waals surface area (Å²) in [5, 5.41) is 17.7. The topological polar surface area (TPSA) is 95.7 Å². The molecule has 0 amide bonds. The molecule has 0 fully saturated rings. The summed E-state index contributed by atoms with van der Waals surface area (Å²) in [5.41, 5.74) is 0.812. The van der Waals surface area contributed by atoms with Crippen LogP contribution in [-0.4, -0.2) is 65.7 Å². The molecule has 2 atom stereocenters. The molecule has 21 heavy (non-hydrogen) atoms. The highest BCUT2D eigenvalue weighted by Gasteiger charge is 2.20. The summed E-state index contributed by atoms with van der Waals surface area (Å²) in [4.78, 5) is 11.5. The van der Waals surface area contributed by atoms with Crippen molar-refractivity contribution in [2.45, 2.75) is 39.0 Å². The second-order valence-electron chi connectivity index (χ2n) is 4.67. The highest BCUT2D eigenvalue weighted by Crippen LogP contribution is 2.09. The summed E-state index contributed by atoms with van der Waals surface area (Å²) in [6.07, 6.45) is -0.288. The van der Waals surface area contributed by atoms with Crippen LogP contribution in [-0.2, 0) is 27.2 Å². The lowest BCUT2D eigenvalue weighted by Gasteiger charge is -2.16. The summed E-state index contributed by atoms with van der Waals surface area (Å²) in [6, 6.07) is 0. The van der Waals surface area contributed by atoms with Crippen molar-refractivity contribution in [1.29, 1.82) is 0 Å². The van der Waals surface area contributed by atoms with E-state index in [1.807, 2.05) is 13.8 Å². The maximum absolute atomic E-state index is 11.5. The molecule has 1 aromatic rings. The molecule has 1 aromatic heterocycles. The zero-order valence-electron chi connectivity index (χ0n) is 12.9. The third-order valence-electron chi connectivity index (χ3n) is 2.91. The number of hydrogen-bond acceptors (Lipinski definition) is 7. The number of rotatable bonds is 9. The van der Waals surface area contributed by atoms with Crippen LogP contribution in [0.5, 0.6) is 0 Å². The van der Waals surface area contributed by atoms with Crippen molar-refractivity contribution < 1.29 is 24.1 Å². The Morgan fingerprint density at radius 3 is 2.67 bits per heavy atom. The molecule has 0 saturated heterocycles. The Kier molecular flexibility index (Phi) is 7.27. The lowest BCUT2D eigenvalue weighted by Crippen LogP contribution is -2.27. The predicted molar refractivity (Wildman–Crippen MR) is 74.0 cm³/mol. The number of esters is 1. The van der Waals surface area contributed by atoms with Crippen LogP contribution >= 0.6 is 0 Å². The maximum atomic E-state index is 11.5. The minimum absolute atomic E-state index is 0.100. The van der Waals surface area contributed by atoms with Gasteiger partial charge in [-0.2, -0.15) is 0 Å². The number of methoxy groups -OCH3 is 2. The largest absolute Gasteiger partial charge is 0.464 e. The minimum Gasteiger partial charge on any atom is -0.464 e. The summed E-state index contributed by atoms with van der Waals surface area (Å²) >= 11 is 0. The standard InChI is InChI=1S/C13H23N3O5/c1-5-11-12(13(18)20-4)14-15-16(11)6-10(17)8-21-9(2)7-19-3/h9-10,17H,5-8H2,1-4H3. The van der Waals surface area contributed by atoms with Crippen LogP contribution in [0.1, 0.15) is 30.0 Å². The SMILES string of the molecule is CCc1c(C(=O)OC)nnn1CC(O)COC(C)COC. The second-order valence-corrected chi connectivity index (χ2v) is 4.67. The van der Waals surface area contributed by atoms with E-state index < -0.39 is 12.1 Å². The second kappa shape index (κ2) is 8.71. The molecule has 0 bridgehead atoms. The Balaban J connectivity index is 2.62. The van der Waals surface area contributed by atoms with Gasteiger partial charge in [-0.1, -0.05) is 12.1 Å². The third-order valence-corrected chi connectivity index (χ3v) is 2.91. The molecule has 0 radical (unpaired) electrons. The molecule has 0 aliphatic rings. The molecule has 8 heteroatoms. The minimum atomic E-state index is -0.748. The van der Waals surface area contributed by atoms with Gasteiger partial charge >= 0.3 is 5.97 Å². The van der Waals surface area contributed by atoms with Crippen LogP contribution in [0.25, 0.3) is 0 Å². The van der Waals surface area contributed by atoms with Gasteiger partial charge in [0.05, 0.1) is 44.8 Å². The van der Waals surface area contributed by atoms with Gasteiger partial charge in [0.15, 0.2) is 5.69 Å². The number of ether oxygens (including phenoxy) is 3. The van der Waals surface area contributed by atoms with Crippen LogP contribution in [0.2, 0.25) is 0 Å². The molecule has 120 valence electrons. The van der Waals surface area contributed by atoms with Crippen LogP contribution < -0.4 is 0 Å². The Labute approximate surface area is 124 Å². The molecular weight excluding hydrogens is 278 g/mol. The third kappa shape index (κ3) is 5.07. The fourth-order valence-corrected chi connectivity index (χ4v) is 1.90. The van der Waals surface area contributed by atoms with Gasteiger partial charge in [-0.3, -0.25) is 0 Å². The first-order valence-electron chi connectivity index (χ1n) is 6.82. The zero-order valence-corrected chi connectivity index (χ0v) is 12.9. The van der Waals surface area contributed by atoms with Gasteiger partial charge in [-0.25, -0.2) is 9.48 Å². The van der Waals surface area contributed by atoms with E-state index in [9.17, 15) is 9.90 Å². The predicted octanol–water partition coefficient (Wildman–Crippen LogP) is 0.0395. The average molecular weight is 301 g/mol. The van der Waals surface area contributed by atoms with Gasteiger partial charge in [0.25, 0.3) is 0 Å². The van der Waals surface area contributed by atoms with E-state index in [2.05, 4.69) is 15.0 Å². The molecule has 0 aliphatic carbocycles. The van der Waals surface area contributed by atoms with E-state index in [4.69, 9.17) is 9.47 Å². The first kappa shape index (κ1) is 17.5. The van der Waals surface area contributed by atoms with E-state index in [1.165, 1.54) is 11.8 Å². The molecule has 1 N–H and O–H groups in total. The van der Waals surface area contributed by atoms with Crippen molar-refractivity contribution >= 4 is 5.97 Å². The normalized spacial score (nSPS) is 14.0. The Bertz CT molecular complexity index is 449. The average Bonchev–Trinajstić information content (AvgIpc) is 2.87. The van der Waals surface area contributed by atoms with Crippen molar-refractivity contribution in [3.8, 4) is 0 Å². The monoisotopic (exact) mass is 301 g/mol. The molecule has 0 spiro atoms. The summed E-state index contributed by atoms with van der Waals surface area (Å²) < 4.78 is 16.5. The number of nitrogens with zero attached hydrogens (tertiary/aromatic N) is 3. The molecular formula is C13H23N3O5. The van der Waals surface area contributed by atoms with E-state index in [1.54, 1.807) is 7.11 Å². The van der Waals surface area contributed by atoms with Crippen LogP contribution in [0.15, 0.2) is 0 Å². The van der Waals surface area contributed by atoms with E-state index in [-0.39, 0.29) is 24.9 Å². The smallest absolute Gasteiger partial charge is 0.360 e. The quantitative estimate of drug-likeness (QED) is 0.643.